The van der Waals surface area contributed by atoms with Crippen LogP contribution in [0.1, 0.15) is 23.4 Å². The van der Waals surface area contributed by atoms with E-state index in [4.69, 9.17) is 4.42 Å². The first-order chi connectivity index (χ1) is 13.1. The van der Waals surface area contributed by atoms with Crippen molar-refractivity contribution in [2.45, 2.75) is 25.8 Å². The Morgan fingerprint density at radius 2 is 1.96 bits per heavy atom. The Morgan fingerprint density at radius 3 is 2.78 bits per heavy atom. The van der Waals surface area contributed by atoms with Gasteiger partial charge in [-0.2, -0.15) is 0 Å². The van der Waals surface area contributed by atoms with E-state index >= 15 is 0 Å². The molecule has 0 saturated carbocycles. The number of hydrogen-bond acceptors (Lipinski definition) is 3. The Balaban J connectivity index is 1.38. The maximum atomic E-state index is 13.8. The first-order valence-electron chi connectivity index (χ1n) is 8.85. The largest absolute Gasteiger partial charge is 0.441 e. The van der Waals surface area contributed by atoms with Gasteiger partial charge in [0.25, 0.3) is 0 Å². The van der Waals surface area contributed by atoms with Gasteiger partial charge in [0, 0.05) is 32.0 Å². The van der Waals surface area contributed by atoms with Gasteiger partial charge in [0.15, 0.2) is 11.7 Å². The minimum absolute atomic E-state index is 0.0391. The number of carbonyl (C=O) groups is 1. The molecular weight excluding hydrogens is 350 g/mol. The zero-order chi connectivity index (χ0) is 18.8. The van der Waals surface area contributed by atoms with Gasteiger partial charge in [-0.1, -0.05) is 24.3 Å². The Bertz CT molecular complexity index is 984. The maximum absolute atomic E-state index is 13.8. The smallest absolute Gasteiger partial charge is 0.223 e. The van der Waals surface area contributed by atoms with Crippen LogP contribution in [0.15, 0.2) is 53.1 Å². The van der Waals surface area contributed by atoms with E-state index in [-0.39, 0.29) is 23.7 Å². The second-order valence-electron chi connectivity index (χ2n) is 6.58. The number of hydrogen-bond donors (Lipinski definition) is 0. The molecule has 0 bridgehead atoms. The highest BCUT2D eigenvalue weighted by Crippen LogP contribution is 2.25. The monoisotopic (exact) mass is 368 g/mol. The number of oxazole rings is 1. The van der Waals surface area contributed by atoms with Gasteiger partial charge in [0.2, 0.25) is 5.91 Å². The molecule has 0 radical (unpaired) electrons. The molecule has 0 saturated heterocycles. The van der Waals surface area contributed by atoms with Crippen LogP contribution in [0.3, 0.4) is 0 Å². The van der Waals surface area contributed by atoms with Gasteiger partial charge in [-0.05, 0) is 29.7 Å². The van der Waals surface area contributed by atoms with Crippen molar-refractivity contribution in [3.05, 3.63) is 77.3 Å². The fourth-order valence-corrected chi connectivity index (χ4v) is 3.32. The van der Waals surface area contributed by atoms with Crippen LogP contribution in [0.25, 0.3) is 11.3 Å². The molecule has 6 heteroatoms. The summed E-state index contributed by atoms with van der Waals surface area (Å²) >= 11 is 0. The summed E-state index contributed by atoms with van der Waals surface area (Å²) in [6.45, 7) is 1.32. The van der Waals surface area contributed by atoms with Crippen molar-refractivity contribution in [1.29, 1.82) is 0 Å². The topological polar surface area (TPSA) is 46.3 Å². The Kier molecular flexibility index (Phi) is 4.71. The summed E-state index contributed by atoms with van der Waals surface area (Å²) in [5.74, 6) is -0.732. The molecule has 2 heterocycles. The molecule has 1 aromatic heterocycles. The van der Waals surface area contributed by atoms with Crippen LogP contribution in [0, 0.1) is 11.6 Å². The lowest BCUT2D eigenvalue weighted by Gasteiger charge is -2.28. The molecule has 3 aromatic rings. The Labute approximate surface area is 155 Å². The van der Waals surface area contributed by atoms with Gasteiger partial charge in [-0.25, -0.2) is 13.8 Å². The second-order valence-corrected chi connectivity index (χ2v) is 6.58. The summed E-state index contributed by atoms with van der Waals surface area (Å²) in [4.78, 5) is 18.5. The standard InChI is InChI=1S/C21H18F2N2O2/c22-16-5-6-17(18(23)11-16)19-12-24-20(27-19)7-8-21(26)25-10-9-14-3-1-2-4-15(14)13-25/h1-6,11-12H,7-10,13H2. The molecule has 2 aromatic carbocycles. The summed E-state index contributed by atoms with van der Waals surface area (Å²) in [5, 5.41) is 0. The van der Waals surface area contributed by atoms with Crippen molar-refractivity contribution in [2.24, 2.45) is 0 Å². The van der Waals surface area contributed by atoms with Gasteiger partial charge in [-0.3, -0.25) is 4.79 Å². The fourth-order valence-electron chi connectivity index (χ4n) is 3.32. The van der Waals surface area contributed by atoms with E-state index in [9.17, 15) is 13.6 Å². The average molecular weight is 368 g/mol. The first-order valence-corrected chi connectivity index (χ1v) is 8.85. The summed E-state index contributed by atoms with van der Waals surface area (Å²) in [5.41, 5.74) is 2.62. The molecule has 0 aliphatic carbocycles. The van der Waals surface area contributed by atoms with Gasteiger partial charge in [0.05, 0.1) is 11.8 Å². The first kappa shape index (κ1) is 17.4. The van der Waals surface area contributed by atoms with E-state index in [2.05, 4.69) is 11.1 Å². The molecule has 0 unspecified atom stereocenters. The third-order valence-electron chi connectivity index (χ3n) is 4.79. The summed E-state index contributed by atoms with van der Waals surface area (Å²) in [6.07, 6.45) is 2.86. The highest BCUT2D eigenvalue weighted by atomic mass is 19.1. The number of fused-ring (bicyclic) bond motifs is 1. The van der Waals surface area contributed by atoms with Crippen LogP contribution < -0.4 is 0 Å². The number of rotatable bonds is 4. The highest BCUT2D eigenvalue weighted by Gasteiger charge is 2.21. The minimum Gasteiger partial charge on any atom is -0.441 e. The molecule has 4 nitrogen and oxygen atoms in total. The number of aryl methyl sites for hydroxylation is 1. The fraction of sp³-hybridized carbons (Fsp3) is 0.238. The lowest BCUT2D eigenvalue weighted by atomic mass is 9.99. The molecule has 4 rings (SSSR count). The molecule has 0 fully saturated rings. The van der Waals surface area contributed by atoms with E-state index in [0.29, 0.717) is 25.4 Å². The van der Waals surface area contributed by atoms with Crippen molar-refractivity contribution in [1.82, 2.24) is 9.88 Å². The summed E-state index contributed by atoms with van der Waals surface area (Å²) in [6, 6.07) is 11.4. The van der Waals surface area contributed by atoms with Crippen molar-refractivity contribution in [3.63, 3.8) is 0 Å². The number of benzene rings is 2. The number of carbonyl (C=O) groups excluding carboxylic acids is 1. The van der Waals surface area contributed by atoms with Crippen LogP contribution in [0.2, 0.25) is 0 Å². The number of halogens is 2. The van der Waals surface area contributed by atoms with Crippen molar-refractivity contribution < 1.29 is 18.0 Å². The van der Waals surface area contributed by atoms with E-state index in [1.54, 1.807) is 0 Å². The minimum atomic E-state index is -0.708. The second kappa shape index (κ2) is 7.31. The van der Waals surface area contributed by atoms with Crippen molar-refractivity contribution in [2.75, 3.05) is 6.54 Å². The number of aromatic nitrogens is 1. The average Bonchev–Trinajstić information content (AvgIpc) is 3.14. The van der Waals surface area contributed by atoms with Crippen molar-refractivity contribution in [3.8, 4) is 11.3 Å². The van der Waals surface area contributed by atoms with Crippen molar-refractivity contribution >= 4 is 5.91 Å². The lowest BCUT2D eigenvalue weighted by Crippen LogP contribution is -2.36. The van der Waals surface area contributed by atoms with Gasteiger partial charge < -0.3 is 9.32 Å². The van der Waals surface area contributed by atoms with Gasteiger partial charge >= 0.3 is 0 Å². The molecular formula is C21H18F2N2O2. The van der Waals surface area contributed by atoms with Crippen LogP contribution >= 0.6 is 0 Å². The number of amides is 1. The van der Waals surface area contributed by atoms with Crippen LogP contribution in [-0.2, 0) is 24.2 Å². The zero-order valence-electron chi connectivity index (χ0n) is 14.6. The number of nitrogens with zero attached hydrogens (tertiary/aromatic N) is 2. The van der Waals surface area contributed by atoms with Crippen LogP contribution in [0.4, 0.5) is 8.78 Å². The van der Waals surface area contributed by atoms with E-state index < -0.39 is 11.6 Å². The Morgan fingerprint density at radius 1 is 1.15 bits per heavy atom. The molecule has 0 N–H and O–H groups in total. The van der Waals surface area contributed by atoms with E-state index in [0.717, 1.165) is 12.5 Å². The molecule has 138 valence electrons. The molecule has 0 spiro atoms. The molecule has 1 aliphatic rings. The maximum Gasteiger partial charge on any atom is 0.223 e. The molecule has 1 amide bonds. The van der Waals surface area contributed by atoms with E-state index in [1.807, 2.05) is 23.1 Å². The normalized spacial score (nSPS) is 13.5. The van der Waals surface area contributed by atoms with Crippen LogP contribution in [0.5, 0.6) is 0 Å². The summed E-state index contributed by atoms with van der Waals surface area (Å²) in [7, 11) is 0. The van der Waals surface area contributed by atoms with Gasteiger partial charge in [-0.15, -0.1) is 0 Å². The summed E-state index contributed by atoms with van der Waals surface area (Å²) < 4.78 is 32.4. The molecule has 27 heavy (non-hydrogen) atoms. The molecule has 1 aliphatic heterocycles. The molecule has 0 atom stereocenters. The predicted molar refractivity (Wildman–Crippen MR) is 95.7 cm³/mol. The highest BCUT2D eigenvalue weighted by molar-refractivity contribution is 5.76. The third-order valence-corrected chi connectivity index (χ3v) is 4.79. The predicted octanol–water partition coefficient (Wildman–Crippen LogP) is 4.14. The van der Waals surface area contributed by atoms with Gasteiger partial charge in [0.1, 0.15) is 11.6 Å². The quantitative estimate of drug-likeness (QED) is 0.695. The Hall–Kier alpha value is -3.02. The van der Waals surface area contributed by atoms with E-state index in [1.165, 1.54) is 29.5 Å². The van der Waals surface area contributed by atoms with Crippen LogP contribution in [-0.4, -0.2) is 22.3 Å². The lowest BCUT2D eigenvalue weighted by molar-refractivity contribution is -0.132. The zero-order valence-corrected chi connectivity index (χ0v) is 14.6. The SMILES string of the molecule is O=C(CCc1ncc(-c2ccc(F)cc2F)o1)N1CCc2ccccc2C1. The third kappa shape index (κ3) is 3.74.